The fourth-order valence-electron chi connectivity index (χ4n) is 1.87. The van der Waals surface area contributed by atoms with Crippen LogP contribution in [-0.2, 0) is 0 Å². The lowest BCUT2D eigenvalue weighted by molar-refractivity contribution is 0.104. The third-order valence-corrected chi connectivity index (χ3v) is 3.06. The number of methoxy groups -OCH3 is 2. The molecule has 0 heterocycles. The fourth-order valence-corrected chi connectivity index (χ4v) is 1.87. The first-order valence-electron chi connectivity index (χ1n) is 6.44. The Balaban J connectivity index is 2.12. The summed E-state index contributed by atoms with van der Waals surface area (Å²) in [5.74, 6) is 1.23. The van der Waals surface area contributed by atoms with Gasteiger partial charge in [0.2, 0.25) is 0 Å². The lowest BCUT2D eigenvalue weighted by Gasteiger charge is -2.05. The molecule has 21 heavy (non-hydrogen) atoms. The van der Waals surface area contributed by atoms with E-state index in [0.717, 1.165) is 11.3 Å². The molecule has 0 saturated carbocycles. The lowest BCUT2D eigenvalue weighted by atomic mass is 10.1. The van der Waals surface area contributed by atoms with E-state index in [2.05, 4.69) is 0 Å². The van der Waals surface area contributed by atoms with Crippen molar-refractivity contribution in [3.63, 3.8) is 0 Å². The van der Waals surface area contributed by atoms with Crippen molar-refractivity contribution < 1.29 is 14.3 Å². The average molecular weight is 283 g/mol. The van der Waals surface area contributed by atoms with Crippen LogP contribution in [-0.4, -0.2) is 20.0 Å². The molecule has 2 aromatic rings. The molecule has 0 aliphatic heterocycles. The number of anilines is 1. The first-order chi connectivity index (χ1) is 10.1. The van der Waals surface area contributed by atoms with Gasteiger partial charge in [-0.2, -0.15) is 0 Å². The van der Waals surface area contributed by atoms with Gasteiger partial charge < -0.3 is 15.2 Å². The molecule has 2 aromatic carbocycles. The van der Waals surface area contributed by atoms with Crippen LogP contribution in [0.3, 0.4) is 0 Å². The van der Waals surface area contributed by atoms with E-state index in [1.54, 1.807) is 31.4 Å². The Kier molecular flexibility index (Phi) is 4.61. The number of hydrogen-bond donors (Lipinski definition) is 1. The minimum absolute atomic E-state index is 0.111. The summed E-state index contributed by atoms with van der Waals surface area (Å²) in [7, 11) is 3.15. The summed E-state index contributed by atoms with van der Waals surface area (Å²) in [4.78, 5) is 12.1. The van der Waals surface area contributed by atoms with Gasteiger partial charge >= 0.3 is 0 Å². The minimum atomic E-state index is -0.111. The molecule has 4 nitrogen and oxygen atoms in total. The zero-order chi connectivity index (χ0) is 15.2. The monoisotopic (exact) mass is 283 g/mol. The number of hydrogen-bond acceptors (Lipinski definition) is 4. The van der Waals surface area contributed by atoms with Gasteiger partial charge in [0, 0.05) is 5.56 Å². The number of nitrogen functional groups attached to an aromatic ring is 1. The molecule has 0 spiro atoms. The van der Waals surface area contributed by atoms with Crippen molar-refractivity contribution >= 4 is 17.5 Å². The van der Waals surface area contributed by atoms with E-state index in [1.807, 2.05) is 24.3 Å². The zero-order valence-corrected chi connectivity index (χ0v) is 12.0. The van der Waals surface area contributed by atoms with Crippen LogP contribution in [0.5, 0.6) is 11.5 Å². The van der Waals surface area contributed by atoms with Crippen LogP contribution in [0.2, 0.25) is 0 Å². The molecule has 0 aliphatic rings. The van der Waals surface area contributed by atoms with Crippen molar-refractivity contribution in [2.24, 2.45) is 0 Å². The van der Waals surface area contributed by atoms with Gasteiger partial charge in [-0.3, -0.25) is 4.79 Å². The first kappa shape index (κ1) is 14.7. The highest BCUT2D eigenvalue weighted by atomic mass is 16.5. The molecule has 0 unspecified atom stereocenters. The Morgan fingerprint density at radius 3 is 2.33 bits per heavy atom. The smallest absolute Gasteiger partial charge is 0.185 e. The second-order valence-corrected chi connectivity index (χ2v) is 4.43. The molecule has 0 saturated heterocycles. The Morgan fingerprint density at radius 1 is 1.05 bits per heavy atom. The van der Waals surface area contributed by atoms with Crippen LogP contribution in [0.4, 0.5) is 5.69 Å². The molecule has 0 radical (unpaired) electrons. The van der Waals surface area contributed by atoms with Crippen molar-refractivity contribution in [1.29, 1.82) is 0 Å². The first-order valence-corrected chi connectivity index (χ1v) is 6.44. The number of carbonyl (C=O) groups is 1. The largest absolute Gasteiger partial charge is 0.497 e. The molecular formula is C17H17NO3. The zero-order valence-electron chi connectivity index (χ0n) is 12.0. The topological polar surface area (TPSA) is 61.5 Å². The summed E-state index contributed by atoms with van der Waals surface area (Å²) in [5.41, 5.74) is 7.69. The quantitative estimate of drug-likeness (QED) is 0.520. The third-order valence-electron chi connectivity index (χ3n) is 3.06. The van der Waals surface area contributed by atoms with Crippen LogP contribution >= 0.6 is 0 Å². The predicted molar refractivity (Wildman–Crippen MR) is 83.8 cm³/mol. The van der Waals surface area contributed by atoms with E-state index >= 15 is 0 Å². The van der Waals surface area contributed by atoms with Crippen LogP contribution in [0.15, 0.2) is 48.5 Å². The van der Waals surface area contributed by atoms with Crippen LogP contribution in [0.25, 0.3) is 6.08 Å². The maximum absolute atomic E-state index is 12.1. The number of benzene rings is 2. The summed E-state index contributed by atoms with van der Waals surface area (Å²) in [6.45, 7) is 0. The van der Waals surface area contributed by atoms with E-state index in [9.17, 15) is 4.79 Å². The molecule has 0 bridgehead atoms. The molecular weight excluding hydrogens is 266 g/mol. The third kappa shape index (κ3) is 3.63. The summed E-state index contributed by atoms with van der Waals surface area (Å²) in [6.07, 6.45) is 3.27. The highest BCUT2D eigenvalue weighted by Gasteiger charge is 2.05. The van der Waals surface area contributed by atoms with Gasteiger partial charge in [0.25, 0.3) is 0 Å². The average Bonchev–Trinajstić information content (AvgIpc) is 2.53. The molecule has 0 amide bonds. The summed E-state index contributed by atoms with van der Waals surface area (Å²) >= 11 is 0. The SMILES string of the molecule is COc1ccc(/C=C/C(=O)c2ccc(OC)c(N)c2)cc1. The normalized spacial score (nSPS) is 10.6. The number of rotatable bonds is 5. The lowest BCUT2D eigenvalue weighted by Crippen LogP contribution is -1.98. The highest BCUT2D eigenvalue weighted by Crippen LogP contribution is 2.22. The Labute approximate surface area is 123 Å². The van der Waals surface area contributed by atoms with E-state index in [1.165, 1.54) is 13.2 Å². The minimum Gasteiger partial charge on any atom is -0.497 e. The highest BCUT2D eigenvalue weighted by molar-refractivity contribution is 6.07. The van der Waals surface area contributed by atoms with Crippen molar-refractivity contribution in [3.8, 4) is 11.5 Å². The van der Waals surface area contributed by atoms with Gasteiger partial charge in [-0.1, -0.05) is 18.2 Å². The van der Waals surface area contributed by atoms with Gasteiger partial charge in [0.05, 0.1) is 19.9 Å². The number of ether oxygens (including phenoxy) is 2. The van der Waals surface area contributed by atoms with E-state index < -0.39 is 0 Å². The van der Waals surface area contributed by atoms with Crippen molar-refractivity contribution in [1.82, 2.24) is 0 Å². The number of nitrogens with two attached hydrogens (primary N) is 1. The van der Waals surface area contributed by atoms with E-state index in [0.29, 0.717) is 17.0 Å². The van der Waals surface area contributed by atoms with E-state index in [-0.39, 0.29) is 5.78 Å². The maximum Gasteiger partial charge on any atom is 0.185 e. The molecule has 0 atom stereocenters. The van der Waals surface area contributed by atoms with Gasteiger partial charge in [-0.15, -0.1) is 0 Å². The second kappa shape index (κ2) is 6.61. The van der Waals surface area contributed by atoms with Gasteiger partial charge in [-0.25, -0.2) is 0 Å². The van der Waals surface area contributed by atoms with Crippen LogP contribution < -0.4 is 15.2 Å². The summed E-state index contributed by atoms with van der Waals surface area (Å²) in [6, 6.07) is 12.4. The fraction of sp³-hybridized carbons (Fsp3) is 0.118. The van der Waals surface area contributed by atoms with Gasteiger partial charge in [0.1, 0.15) is 11.5 Å². The Hall–Kier alpha value is -2.75. The van der Waals surface area contributed by atoms with Crippen LogP contribution in [0.1, 0.15) is 15.9 Å². The van der Waals surface area contributed by atoms with Crippen molar-refractivity contribution in [2.45, 2.75) is 0 Å². The molecule has 4 heteroatoms. The molecule has 2 N–H and O–H groups in total. The van der Waals surface area contributed by atoms with E-state index in [4.69, 9.17) is 15.2 Å². The number of allylic oxidation sites excluding steroid dienone is 1. The molecule has 108 valence electrons. The predicted octanol–water partition coefficient (Wildman–Crippen LogP) is 3.18. The van der Waals surface area contributed by atoms with Crippen molar-refractivity contribution in [2.75, 3.05) is 20.0 Å². The standard InChI is InChI=1S/C17H17NO3/c1-20-14-7-3-12(4-8-14)5-9-16(19)13-6-10-17(21-2)15(18)11-13/h3-11H,18H2,1-2H3/b9-5+. The van der Waals surface area contributed by atoms with Crippen molar-refractivity contribution in [3.05, 3.63) is 59.7 Å². The second-order valence-electron chi connectivity index (χ2n) is 4.43. The molecule has 0 aromatic heterocycles. The maximum atomic E-state index is 12.1. The number of ketones is 1. The molecule has 2 rings (SSSR count). The van der Waals surface area contributed by atoms with Gasteiger partial charge in [-0.05, 0) is 42.0 Å². The Bertz CT molecular complexity index is 660. The van der Waals surface area contributed by atoms with Gasteiger partial charge in [0.15, 0.2) is 5.78 Å². The summed E-state index contributed by atoms with van der Waals surface area (Å²) in [5, 5.41) is 0. The number of carbonyl (C=O) groups excluding carboxylic acids is 1. The molecule has 0 fully saturated rings. The molecule has 0 aliphatic carbocycles. The van der Waals surface area contributed by atoms with Crippen LogP contribution in [0, 0.1) is 0 Å². The Morgan fingerprint density at radius 2 is 1.76 bits per heavy atom. The summed E-state index contributed by atoms with van der Waals surface area (Å²) < 4.78 is 10.1.